The molecule has 18 heavy (non-hydrogen) atoms. The molecule has 0 aliphatic rings. The lowest BCUT2D eigenvalue weighted by atomic mass is 10.1. The Morgan fingerprint density at radius 3 is 2.67 bits per heavy atom. The van der Waals surface area contributed by atoms with Gasteiger partial charge in [-0.15, -0.1) is 0 Å². The molecular weight excluding hydrogens is 222 g/mol. The van der Waals surface area contributed by atoms with Gasteiger partial charge in [-0.3, -0.25) is 0 Å². The number of rotatable bonds is 7. The number of pyridine rings is 1. The quantitative estimate of drug-likeness (QED) is 0.804. The van der Waals surface area contributed by atoms with Crippen LogP contribution in [0, 0.1) is 5.92 Å². The highest BCUT2D eigenvalue weighted by Gasteiger charge is 2.14. The Labute approximate surface area is 112 Å². The molecule has 0 aromatic carbocycles. The van der Waals surface area contributed by atoms with Crippen molar-refractivity contribution in [2.24, 2.45) is 5.92 Å². The van der Waals surface area contributed by atoms with Gasteiger partial charge in [0.1, 0.15) is 5.82 Å². The molecule has 0 spiro atoms. The van der Waals surface area contributed by atoms with Gasteiger partial charge in [0.15, 0.2) is 0 Å². The van der Waals surface area contributed by atoms with Crippen LogP contribution in [0.1, 0.15) is 45.7 Å². The van der Waals surface area contributed by atoms with Gasteiger partial charge in [0.2, 0.25) is 0 Å². The van der Waals surface area contributed by atoms with Crippen molar-refractivity contribution in [3.05, 3.63) is 23.9 Å². The minimum atomic E-state index is 0.345. The lowest BCUT2D eigenvalue weighted by molar-refractivity contribution is 0.551. The number of hydrogen-bond donors (Lipinski definition) is 1. The monoisotopic (exact) mass is 249 g/mol. The van der Waals surface area contributed by atoms with Crippen molar-refractivity contribution in [1.29, 1.82) is 0 Å². The van der Waals surface area contributed by atoms with Gasteiger partial charge in [0.05, 0.1) is 0 Å². The van der Waals surface area contributed by atoms with Crippen molar-refractivity contribution in [2.45, 2.75) is 40.2 Å². The lowest BCUT2D eigenvalue weighted by Gasteiger charge is -2.26. The molecule has 0 fully saturated rings. The molecule has 3 nitrogen and oxygen atoms in total. The zero-order chi connectivity index (χ0) is 13.5. The molecule has 1 N–H and O–H groups in total. The summed E-state index contributed by atoms with van der Waals surface area (Å²) in [6.07, 6.45) is 3.08. The molecule has 1 aromatic rings. The summed E-state index contributed by atoms with van der Waals surface area (Å²) in [5.74, 6) is 1.80. The van der Waals surface area contributed by atoms with Crippen LogP contribution < -0.4 is 10.2 Å². The molecule has 0 bridgehead atoms. The van der Waals surface area contributed by atoms with Crippen LogP contribution in [-0.2, 0) is 0 Å². The van der Waals surface area contributed by atoms with Gasteiger partial charge in [-0.25, -0.2) is 4.98 Å². The first-order valence-corrected chi connectivity index (χ1v) is 6.99. The Balaban J connectivity index is 2.87. The van der Waals surface area contributed by atoms with Crippen LogP contribution in [-0.4, -0.2) is 25.1 Å². The van der Waals surface area contributed by atoms with E-state index < -0.39 is 0 Å². The molecule has 1 heterocycles. The molecular formula is C15H27N3. The predicted octanol–water partition coefficient (Wildman–Crippen LogP) is 3.23. The fourth-order valence-corrected chi connectivity index (χ4v) is 2.17. The second-order valence-corrected chi connectivity index (χ2v) is 5.09. The SMILES string of the molecule is CCNC(C)c1cccnc1N(C)CC(C)CC. The average Bonchev–Trinajstić information content (AvgIpc) is 2.38. The second kappa shape index (κ2) is 7.37. The zero-order valence-corrected chi connectivity index (χ0v) is 12.4. The highest BCUT2D eigenvalue weighted by Crippen LogP contribution is 2.23. The summed E-state index contributed by atoms with van der Waals surface area (Å²) >= 11 is 0. The third kappa shape index (κ3) is 3.98. The summed E-state index contributed by atoms with van der Waals surface area (Å²) in [7, 11) is 2.14. The second-order valence-electron chi connectivity index (χ2n) is 5.09. The van der Waals surface area contributed by atoms with E-state index in [2.05, 4.69) is 56.0 Å². The molecule has 0 saturated heterocycles. The Bertz CT molecular complexity index is 351. The summed E-state index contributed by atoms with van der Waals surface area (Å²) in [6, 6.07) is 4.53. The van der Waals surface area contributed by atoms with Gasteiger partial charge >= 0.3 is 0 Å². The number of nitrogens with one attached hydrogen (secondary N) is 1. The Morgan fingerprint density at radius 2 is 2.06 bits per heavy atom. The molecule has 1 rings (SSSR count). The number of hydrogen-bond acceptors (Lipinski definition) is 3. The van der Waals surface area contributed by atoms with E-state index in [9.17, 15) is 0 Å². The summed E-state index contributed by atoms with van der Waals surface area (Å²) in [6.45, 7) is 10.9. The van der Waals surface area contributed by atoms with Crippen LogP contribution in [0.5, 0.6) is 0 Å². The first-order chi connectivity index (χ1) is 8.60. The minimum absolute atomic E-state index is 0.345. The van der Waals surface area contributed by atoms with E-state index in [0.717, 1.165) is 18.9 Å². The molecule has 2 atom stereocenters. The van der Waals surface area contributed by atoms with E-state index >= 15 is 0 Å². The largest absolute Gasteiger partial charge is 0.359 e. The molecule has 0 aliphatic carbocycles. The summed E-state index contributed by atoms with van der Waals surface area (Å²) in [5.41, 5.74) is 1.28. The number of nitrogens with zero attached hydrogens (tertiary/aromatic N) is 2. The molecule has 3 heteroatoms. The normalized spacial score (nSPS) is 14.3. The van der Waals surface area contributed by atoms with Gasteiger partial charge in [0.25, 0.3) is 0 Å². The standard InChI is InChI=1S/C15H27N3/c1-6-12(3)11-18(5)15-14(9-8-10-17-15)13(4)16-7-2/h8-10,12-13,16H,6-7,11H2,1-5H3. The van der Waals surface area contributed by atoms with Crippen molar-refractivity contribution in [3.8, 4) is 0 Å². The van der Waals surface area contributed by atoms with Crippen LogP contribution >= 0.6 is 0 Å². The van der Waals surface area contributed by atoms with Crippen molar-refractivity contribution < 1.29 is 0 Å². The van der Waals surface area contributed by atoms with Crippen molar-refractivity contribution in [1.82, 2.24) is 10.3 Å². The smallest absolute Gasteiger partial charge is 0.133 e. The molecule has 2 unspecified atom stereocenters. The topological polar surface area (TPSA) is 28.2 Å². The van der Waals surface area contributed by atoms with Crippen LogP contribution in [0.15, 0.2) is 18.3 Å². The van der Waals surface area contributed by atoms with Crippen molar-refractivity contribution in [3.63, 3.8) is 0 Å². The Hall–Kier alpha value is -1.09. The van der Waals surface area contributed by atoms with Gasteiger partial charge in [-0.2, -0.15) is 0 Å². The lowest BCUT2D eigenvalue weighted by Crippen LogP contribution is -2.28. The fourth-order valence-electron chi connectivity index (χ4n) is 2.17. The maximum Gasteiger partial charge on any atom is 0.133 e. The van der Waals surface area contributed by atoms with E-state index in [1.54, 1.807) is 0 Å². The predicted molar refractivity (Wildman–Crippen MR) is 79.1 cm³/mol. The molecule has 0 radical (unpaired) electrons. The maximum absolute atomic E-state index is 4.56. The Morgan fingerprint density at radius 1 is 1.33 bits per heavy atom. The van der Waals surface area contributed by atoms with Crippen LogP contribution in [0.2, 0.25) is 0 Å². The first-order valence-electron chi connectivity index (χ1n) is 6.99. The molecule has 0 saturated carbocycles. The van der Waals surface area contributed by atoms with Gasteiger partial charge in [-0.1, -0.05) is 33.3 Å². The molecule has 1 aromatic heterocycles. The fraction of sp³-hybridized carbons (Fsp3) is 0.667. The maximum atomic E-state index is 4.56. The average molecular weight is 249 g/mol. The number of anilines is 1. The summed E-state index contributed by atoms with van der Waals surface area (Å²) in [4.78, 5) is 6.83. The van der Waals surface area contributed by atoms with Crippen LogP contribution in [0.3, 0.4) is 0 Å². The van der Waals surface area contributed by atoms with Gasteiger partial charge < -0.3 is 10.2 Å². The zero-order valence-electron chi connectivity index (χ0n) is 12.4. The first kappa shape index (κ1) is 15.0. The Kier molecular flexibility index (Phi) is 6.13. The highest BCUT2D eigenvalue weighted by atomic mass is 15.2. The molecule has 0 aliphatic heterocycles. The third-order valence-electron chi connectivity index (χ3n) is 3.44. The summed E-state index contributed by atoms with van der Waals surface area (Å²) in [5, 5.41) is 3.46. The third-order valence-corrected chi connectivity index (χ3v) is 3.44. The van der Waals surface area contributed by atoms with Crippen molar-refractivity contribution >= 4 is 5.82 Å². The number of aromatic nitrogens is 1. The minimum Gasteiger partial charge on any atom is -0.359 e. The van der Waals surface area contributed by atoms with Gasteiger partial charge in [0, 0.05) is 31.4 Å². The molecule has 102 valence electrons. The van der Waals surface area contributed by atoms with E-state index in [-0.39, 0.29) is 0 Å². The van der Waals surface area contributed by atoms with E-state index in [1.165, 1.54) is 12.0 Å². The van der Waals surface area contributed by atoms with E-state index in [1.807, 2.05) is 12.3 Å². The van der Waals surface area contributed by atoms with Crippen LogP contribution in [0.4, 0.5) is 5.82 Å². The van der Waals surface area contributed by atoms with Gasteiger partial charge in [-0.05, 0) is 25.5 Å². The van der Waals surface area contributed by atoms with Crippen LogP contribution in [0.25, 0.3) is 0 Å². The molecule has 0 amide bonds. The highest BCUT2D eigenvalue weighted by molar-refractivity contribution is 5.47. The van der Waals surface area contributed by atoms with E-state index in [4.69, 9.17) is 0 Å². The summed E-state index contributed by atoms with van der Waals surface area (Å²) < 4.78 is 0. The van der Waals surface area contributed by atoms with Crippen molar-refractivity contribution in [2.75, 3.05) is 25.0 Å². The van der Waals surface area contributed by atoms with E-state index in [0.29, 0.717) is 12.0 Å².